The quantitative estimate of drug-likeness (QED) is 0.810. The highest BCUT2D eigenvalue weighted by atomic mass is 14.9. The van der Waals surface area contributed by atoms with Crippen LogP contribution in [0.2, 0.25) is 0 Å². The van der Waals surface area contributed by atoms with Gasteiger partial charge in [-0.05, 0) is 60.8 Å². The van der Waals surface area contributed by atoms with E-state index in [0.717, 1.165) is 18.9 Å². The molecule has 0 aromatic heterocycles. The summed E-state index contributed by atoms with van der Waals surface area (Å²) in [5.41, 5.74) is 14.0. The van der Waals surface area contributed by atoms with Gasteiger partial charge in [0.15, 0.2) is 0 Å². The van der Waals surface area contributed by atoms with Gasteiger partial charge in [0.1, 0.15) is 0 Å². The fraction of sp³-hybridized carbons (Fsp3) is 1.00. The molecule has 3 rings (SSSR count). The topological polar surface area (TPSA) is 52.0 Å². The number of nitrogens with two attached hydrogens (primary N) is 2. The second-order valence-corrected chi connectivity index (χ2v) is 7.11. The molecule has 3 fully saturated rings. The monoisotopic (exact) mass is 252 g/mol. The van der Waals surface area contributed by atoms with Gasteiger partial charge >= 0.3 is 0 Å². The zero-order chi connectivity index (χ0) is 13.6. The lowest BCUT2D eigenvalue weighted by Gasteiger charge is -2.81. The third-order valence-electron chi connectivity index (χ3n) is 6.30. The summed E-state index contributed by atoms with van der Waals surface area (Å²) in [6.45, 7) is 9.62. The van der Waals surface area contributed by atoms with Gasteiger partial charge in [0.2, 0.25) is 0 Å². The van der Waals surface area contributed by atoms with Crippen molar-refractivity contribution in [2.45, 2.75) is 72.3 Å². The molecule has 0 bridgehead atoms. The molecule has 5 atom stereocenters. The van der Waals surface area contributed by atoms with E-state index in [9.17, 15) is 0 Å². The highest BCUT2D eigenvalue weighted by molar-refractivity contribution is 5.27. The van der Waals surface area contributed by atoms with Crippen molar-refractivity contribution >= 4 is 0 Å². The Hall–Kier alpha value is -0.0800. The third-order valence-corrected chi connectivity index (χ3v) is 6.30. The van der Waals surface area contributed by atoms with Crippen molar-refractivity contribution in [3.05, 3.63) is 0 Å². The first-order chi connectivity index (χ1) is 8.53. The van der Waals surface area contributed by atoms with E-state index in [0.29, 0.717) is 22.3 Å². The molecule has 4 N–H and O–H groups in total. The van der Waals surface area contributed by atoms with Crippen molar-refractivity contribution in [2.75, 3.05) is 6.54 Å². The molecule has 0 aromatic rings. The van der Waals surface area contributed by atoms with Crippen LogP contribution in [0.15, 0.2) is 0 Å². The van der Waals surface area contributed by atoms with E-state index in [-0.39, 0.29) is 0 Å². The minimum absolute atomic E-state index is 0.414. The summed E-state index contributed by atoms with van der Waals surface area (Å²) in [6, 6.07) is 0.414. The molecule has 106 valence electrons. The molecule has 3 aliphatic carbocycles. The largest absolute Gasteiger partial charge is 0.330 e. The van der Waals surface area contributed by atoms with Crippen molar-refractivity contribution in [3.63, 3.8) is 0 Å². The van der Waals surface area contributed by atoms with Crippen molar-refractivity contribution in [1.82, 2.24) is 0 Å². The predicted molar refractivity (Wildman–Crippen MR) is 78.2 cm³/mol. The second kappa shape index (κ2) is 4.49. The highest BCUT2D eigenvalue weighted by Crippen LogP contribution is 2.82. The lowest BCUT2D eigenvalue weighted by molar-refractivity contribution is -0.314. The van der Waals surface area contributed by atoms with Crippen molar-refractivity contribution < 1.29 is 0 Å². The van der Waals surface area contributed by atoms with Gasteiger partial charge in [0.25, 0.3) is 0 Å². The lowest BCUT2D eigenvalue weighted by Crippen LogP contribution is -2.78. The first-order valence-corrected chi connectivity index (χ1v) is 7.99. The van der Waals surface area contributed by atoms with E-state index < -0.39 is 0 Å². The van der Waals surface area contributed by atoms with Crippen LogP contribution in [-0.4, -0.2) is 12.6 Å². The maximum absolute atomic E-state index is 6.44. The zero-order valence-corrected chi connectivity index (χ0v) is 12.8. The maximum Gasteiger partial charge on any atom is 0.00962 e. The van der Waals surface area contributed by atoms with Crippen LogP contribution in [0.3, 0.4) is 0 Å². The van der Waals surface area contributed by atoms with Crippen LogP contribution in [-0.2, 0) is 0 Å². The Morgan fingerprint density at radius 3 is 2.44 bits per heavy atom. The normalized spacial score (nSPS) is 50.0. The van der Waals surface area contributed by atoms with Crippen LogP contribution in [0.5, 0.6) is 0 Å². The summed E-state index contributed by atoms with van der Waals surface area (Å²) < 4.78 is 0. The molecule has 0 aromatic carbocycles. The van der Waals surface area contributed by atoms with Crippen LogP contribution < -0.4 is 11.5 Å². The summed E-state index contributed by atoms with van der Waals surface area (Å²) in [6.07, 6.45) is 8.00. The minimum Gasteiger partial charge on any atom is -0.330 e. The average Bonchev–Trinajstić information content (AvgIpc) is 2.34. The SMILES string of the molecule is CC.CCC(N)C12CCCC3(C)CC(CN)(C1)C32. The highest BCUT2D eigenvalue weighted by Gasteiger charge is 2.77. The predicted octanol–water partition coefficient (Wildman–Crippen LogP) is 3.30. The van der Waals surface area contributed by atoms with E-state index in [2.05, 4.69) is 13.8 Å². The molecule has 3 aliphatic rings. The van der Waals surface area contributed by atoms with E-state index in [1.54, 1.807) is 0 Å². The molecule has 2 heteroatoms. The van der Waals surface area contributed by atoms with Crippen LogP contribution in [0.4, 0.5) is 0 Å². The van der Waals surface area contributed by atoms with Gasteiger partial charge in [-0.1, -0.05) is 34.1 Å². The zero-order valence-electron chi connectivity index (χ0n) is 12.8. The molecular weight excluding hydrogens is 220 g/mol. The molecule has 0 spiro atoms. The van der Waals surface area contributed by atoms with Crippen LogP contribution in [0.25, 0.3) is 0 Å². The number of hydrogen-bond donors (Lipinski definition) is 2. The molecule has 0 heterocycles. The maximum atomic E-state index is 6.44. The molecule has 18 heavy (non-hydrogen) atoms. The Bertz CT molecular complexity index is 312. The van der Waals surface area contributed by atoms with Crippen molar-refractivity contribution in [1.29, 1.82) is 0 Å². The van der Waals surface area contributed by atoms with Gasteiger partial charge in [0, 0.05) is 6.04 Å². The molecule has 2 nitrogen and oxygen atoms in total. The fourth-order valence-electron chi connectivity index (χ4n) is 6.20. The molecule has 0 aliphatic heterocycles. The summed E-state index contributed by atoms with van der Waals surface area (Å²) in [7, 11) is 0. The Labute approximate surface area is 113 Å². The van der Waals surface area contributed by atoms with Crippen LogP contribution in [0, 0.1) is 22.2 Å². The van der Waals surface area contributed by atoms with E-state index >= 15 is 0 Å². The van der Waals surface area contributed by atoms with Gasteiger partial charge in [-0.15, -0.1) is 0 Å². The van der Waals surface area contributed by atoms with Gasteiger partial charge in [-0.25, -0.2) is 0 Å². The smallest absolute Gasteiger partial charge is 0.00962 e. The van der Waals surface area contributed by atoms with E-state index in [1.807, 2.05) is 13.8 Å². The van der Waals surface area contributed by atoms with Gasteiger partial charge in [-0.3, -0.25) is 0 Å². The summed E-state index contributed by atoms with van der Waals surface area (Å²) in [4.78, 5) is 0. The Morgan fingerprint density at radius 1 is 1.22 bits per heavy atom. The standard InChI is InChI=1S/C14H26N2.C2H6/c1-3-10(16)14-6-4-5-12(2)7-13(8-14,9-15)11(12)14;1-2/h10-11H,3-9,15-16H2,1-2H3;1-2H3. The van der Waals surface area contributed by atoms with E-state index in [1.165, 1.54) is 32.1 Å². The molecule has 0 amide bonds. The molecule has 0 saturated heterocycles. The van der Waals surface area contributed by atoms with Crippen molar-refractivity contribution in [3.8, 4) is 0 Å². The molecule has 0 radical (unpaired) electrons. The summed E-state index contributed by atoms with van der Waals surface area (Å²) in [5, 5.41) is 0. The van der Waals surface area contributed by atoms with Gasteiger partial charge in [0.05, 0.1) is 0 Å². The Kier molecular flexibility index (Phi) is 3.57. The van der Waals surface area contributed by atoms with Gasteiger partial charge < -0.3 is 11.5 Å². The van der Waals surface area contributed by atoms with Gasteiger partial charge in [-0.2, -0.15) is 0 Å². The summed E-state index contributed by atoms with van der Waals surface area (Å²) >= 11 is 0. The minimum atomic E-state index is 0.414. The molecule has 5 unspecified atom stereocenters. The Morgan fingerprint density at radius 2 is 1.89 bits per heavy atom. The van der Waals surface area contributed by atoms with E-state index in [4.69, 9.17) is 11.5 Å². The molecule has 3 saturated carbocycles. The fourth-order valence-corrected chi connectivity index (χ4v) is 6.20. The van der Waals surface area contributed by atoms with Crippen LogP contribution >= 0.6 is 0 Å². The first-order valence-electron chi connectivity index (χ1n) is 7.99. The summed E-state index contributed by atoms with van der Waals surface area (Å²) in [5.74, 6) is 0.848. The van der Waals surface area contributed by atoms with Crippen LogP contribution in [0.1, 0.15) is 66.2 Å². The lowest BCUT2D eigenvalue weighted by atomic mass is 9.24. The molecular formula is C16H32N2. The first kappa shape index (κ1) is 14.3. The Balaban J connectivity index is 0.000000574. The van der Waals surface area contributed by atoms with Crippen molar-refractivity contribution in [2.24, 2.45) is 33.6 Å². The number of hydrogen-bond acceptors (Lipinski definition) is 2. The number of rotatable bonds is 3. The second-order valence-electron chi connectivity index (χ2n) is 7.11. The third kappa shape index (κ3) is 1.48. The average molecular weight is 252 g/mol.